The van der Waals surface area contributed by atoms with Gasteiger partial charge < -0.3 is 14.0 Å². The van der Waals surface area contributed by atoms with Crippen molar-refractivity contribution in [2.24, 2.45) is 7.05 Å². The Morgan fingerprint density at radius 2 is 1.43 bits per heavy atom. The number of rotatable bonds is 11. The molecule has 5 rings (SSSR count). The van der Waals surface area contributed by atoms with Crippen LogP contribution in [0.5, 0.6) is 17.2 Å². The number of anilines is 1. The molecule has 0 N–H and O–H groups in total. The van der Waals surface area contributed by atoms with Gasteiger partial charge in [-0.1, -0.05) is 17.7 Å². The summed E-state index contributed by atoms with van der Waals surface area (Å²) in [5, 5.41) is 0.0441. The van der Waals surface area contributed by atoms with Crippen LogP contribution in [0.3, 0.4) is 0 Å². The summed E-state index contributed by atoms with van der Waals surface area (Å²) in [5.74, 6) is -4.23. The van der Waals surface area contributed by atoms with Crippen molar-refractivity contribution in [1.29, 1.82) is 0 Å². The van der Waals surface area contributed by atoms with Gasteiger partial charge in [0.05, 0.1) is 23.5 Å². The largest absolute Gasteiger partial charge is 0.494 e. The quantitative estimate of drug-likeness (QED) is 0.180. The summed E-state index contributed by atoms with van der Waals surface area (Å²) in [4.78, 5) is 13.5. The Bertz CT molecular complexity index is 2460. The number of benzene rings is 3. The second-order valence-electron chi connectivity index (χ2n) is 10.8. The molecule has 0 aliphatic rings. The van der Waals surface area contributed by atoms with Gasteiger partial charge in [0, 0.05) is 48.1 Å². The SMILES string of the molecule is CCS(=O)(=O)N(c1cc(-c2cn(C)c(=O)c3c2ccn3S(=O)(=O)c2ccc(C)cc2)c(Oc2ccc(F)cc2F)cc1OC)S(=O)(=O)CC. The molecule has 0 atom stereocenters. The maximum atomic E-state index is 14.9. The van der Waals surface area contributed by atoms with E-state index < -0.39 is 70.2 Å². The summed E-state index contributed by atoms with van der Waals surface area (Å²) >= 11 is 0. The maximum Gasteiger partial charge on any atom is 0.275 e. The Balaban J connectivity index is 1.90. The van der Waals surface area contributed by atoms with Crippen molar-refractivity contribution in [3.63, 3.8) is 0 Å². The molecule has 0 saturated carbocycles. The Morgan fingerprint density at radius 3 is 2.00 bits per heavy atom. The van der Waals surface area contributed by atoms with Gasteiger partial charge in [-0.25, -0.2) is 38.0 Å². The number of hydrogen-bond donors (Lipinski definition) is 0. The third-order valence-electron chi connectivity index (χ3n) is 7.68. The van der Waals surface area contributed by atoms with Crippen LogP contribution < -0.4 is 18.7 Å². The molecule has 0 aliphatic carbocycles. The topological polar surface area (TPSA) is 151 Å². The van der Waals surface area contributed by atoms with E-state index in [1.165, 1.54) is 51.5 Å². The van der Waals surface area contributed by atoms with Crippen LogP contribution in [0.2, 0.25) is 0 Å². The smallest absolute Gasteiger partial charge is 0.275 e. The normalized spacial score (nSPS) is 12.3. The Labute approximate surface area is 281 Å². The monoisotopic (exact) mass is 735 g/mol. The second kappa shape index (κ2) is 12.9. The summed E-state index contributed by atoms with van der Waals surface area (Å²) in [6.45, 7) is 4.29. The van der Waals surface area contributed by atoms with Crippen molar-refractivity contribution in [2.45, 2.75) is 25.7 Å². The molecule has 2 aromatic heterocycles. The van der Waals surface area contributed by atoms with Crippen molar-refractivity contribution >= 4 is 46.7 Å². The number of sulfonamides is 2. The third-order valence-corrected chi connectivity index (χ3v) is 13.6. The number of nitrogens with zero attached hydrogens (tertiary/aromatic N) is 3. The van der Waals surface area contributed by atoms with Gasteiger partial charge in [0.1, 0.15) is 28.5 Å². The molecule has 0 aliphatic heterocycles. The molecule has 0 radical (unpaired) electrons. The van der Waals surface area contributed by atoms with Crippen LogP contribution in [0, 0.1) is 18.6 Å². The van der Waals surface area contributed by atoms with E-state index in [1.807, 2.05) is 0 Å². The second-order valence-corrected chi connectivity index (χ2v) is 17.1. The van der Waals surface area contributed by atoms with Crippen LogP contribution in [0.15, 0.2) is 82.7 Å². The lowest BCUT2D eigenvalue weighted by atomic mass is 10.0. The van der Waals surface area contributed by atoms with E-state index in [0.29, 0.717) is 6.07 Å². The highest BCUT2D eigenvalue weighted by Crippen LogP contribution is 2.46. The standard InChI is InChI=1S/C32H31F2N3O9S3/c1-6-47(39,40)37(48(41,42)7-2)27-17-24(29(18-30(27)45-5)46-28-13-10-21(33)16-26(28)34)25-19-35(4)32(38)31-23(25)14-15-36(31)49(43,44)22-11-8-20(3)9-12-22/h8-19H,6-7H2,1-5H3. The van der Waals surface area contributed by atoms with Crippen LogP contribution in [0.25, 0.3) is 22.0 Å². The number of pyridine rings is 1. The summed E-state index contributed by atoms with van der Waals surface area (Å²) in [6.07, 6.45) is 2.48. The lowest BCUT2D eigenvalue weighted by Crippen LogP contribution is -2.39. The van der Waals surface area contributed by atoms with Gasteiger partial charge in [0.25, 0.3) is 15.6 Å². The van der Waals surface area contributed by atoms with Crippen molar-refractivity contribution in [1.82, 2.24) is 8.54 Å². The van der Waals surface area contributed by atoms with E-state index in [2.05, 4.69) is 0 Å². The zero-order chi connectivity index (χ0) is 36.1. The van der Waals surface area contributed by atoms with E-state index in [0.717, 1.165) is 45.5 Å². The number of aromatic nitrogens is 2. The minimum Gasteiger partial charge on any atom is -0.494 e. The van der Waals surface area contributed by atoms with E-state index in [9.17, 15) is 38.8 Å². The molecular weight excluding hydrogens is 705 g/mol. The number of aryl methyl sites for hydroxylation is 2. The van der Waals surface area contributed by atoms with Crippen molar-refractivity contribution in [3.05, 3.63) is 101 Å². The molecule has 49 heavy (non-hydrogen) atoms. The molecule has 0 bridgehead atoms. The summed E-state index contributed by atoms with van der Waals surface area (Å²) < 4.78 is 123. The first-order valence-corrected chi connectivity index (χ1v) is 19.3. The summed E-state index contributed by atoms with van der Waals surface area (Å²) in [6, 6.07) is 12.1. The van der Waals surface area contributed by atoms with Crippen LogP contribution in [-0.2, 0) is 37.1 Å². The van der Waals surface area contributed by atoms with E-state index in [-0.39, 0.29) is 42.1 Å². The van der Waals surface area contributed by atoms with Crippen molar-refractivity contribution in [2.75, 3.05) is 22.3 Å². The van der Waals surface area contributed by atoms with Gasteiger partial charge in [0.2, 0.25) is 20.0 Å². The number of ether oxygens (including phenoxy) is 2. The molecule has 260 valence electrons. The van der Waals surface area contributed by atoms with Crippen LogP contribution in [-0.4, -0.2) is 52.4 Å². The average molecular weight is 736 g/mol. The molecule has 0 unspecified atom stereocenters. The predicted molar refractivity (Wildman–Crippen MR) is 181 cm³/mol. The molecule has 0 spiro atoms. The minimum atomic E-state index is -4.52. The van der Waals surface area contributed by atoms with Crippen LogP contribution >= 0.6 is 0 Å². The molecule has 3 aromatic carbocycles. The van der Waals surface area contributed by atoms with E-state index in [1.54, 1.807) is 19.1 Å². The molecule has 0 fully saturated rings. The fourth-order valence-corrected chi connectivity index (χ4v) is 9.82. The maximum absolute atomic E-state index is 14.9. The lowest BCUT2D eigenvalue weighted by Gasteiger charge is -2.26. The highest BCUT2D eigenvalue weighted by Gasteiger charge is 2.36. The van der Waals surface area contributed by atoms with Gasteiger partial charge in [-0.05, 0) is 57.2 Å². The van der Waals surface area contributed by atoms with Gasteiger partial charge in [-0.15, -0.1) is 0 Å². The van der Waals surface area contributed by atoms with Gasteiger partial charge in [-0.3, -0.25) is 4.79 Å². The Kier molecular flexibility index (Phi) is 9.39. The first-order valence-electron chi connectivity index (χ1n) is 14.6. The van der Waals surface area contributed by atoms with Gasteiger partial charge in [0.15, 0.2) is 11.6 Å². The molecule has 12 nitrogen and oxygen atoms in total. The summed E-state index contributed by atoms with van der Waals surface area (Å²) in [5.41, 5.74) is -0.687. The Hall–Kier alpha value is -4.74. The summed E-state index contributed by atoms with van der Waals surface area (Å²) in [7, 11) is -10.9. The van der Waals surface area contributed by atoms with E-state index in [4.69, 9.17) is 9.47 Å². The molecule has 5 aromatic rings. The van der Waals surface area contributed by atoms with Crippen molar-refractivity contribution < 1.29 is 43.5 Å². The van der Waals surface area contributed by atoms with Crippen molar-refractivity contribution in [3.8, 4) is 28.4 Å². The van der Waals surface area contributed by atoms with Gasteiger partial charge >= 0.3 is 0 Å². The lowest BCUT2D eigenvalue weighted by molar-refractivity contribution is 0.406. The fraction of sp³-hybridized carbons (Fsp3) is 0.219. The Morgan fingerprint density at radius 1 is 0.796 bits per heavy atom. The predicted octanol–water partition coefficient (Wildman–Crippen LogP) is 5.14. The molecular formula is C32H31F2N3O9S3. The fourth-order valence-electron chi connectivity index (χ4n) is 5.10. The first-order chi connectivity index (χ1) is 23.0. The zero-order valence-electron chi connectivity index (χ0n) is 26.8. The van der Waals surface area contributed by atoms with Crippen LogP contribution in [0.4, 0.5) is 14.5 Å². The molecule has 2 heterocycles. The van der Waals surface area contributed by atoms with Crippen LogP contribution in [0.1, 0.15) is 19.4 Å². The number of halogens is 2. The molecule has 0 saturated heterocycles. The molecule has 17 heteroatoms. The highest BCUT2D eigenvalue weighted by molar-refractivity contribution is 8.10. The number of hydrogen-bond acceptors (Lipinski definition) is 9. The first kappa shape index (κ1) is 35.6. The number of methoxy groups -OCH3 is 1. The average Bonchev–Trinajstić information content (AvgIpc) is 3.51. The molecule has 0 amide bonds. The third kappa shape index (κ3) is 6.40. The number of fused-ring (bicyclic) bond motifs is 1. The minimum absolute atomic E-state index is 0.0441. The zero-order valence-corrected chi connectivity index (χ0v) is 29.3. The van der Waals surface area contributed by atoms with E-state index >= 15 is 0 Å². The highest BCUT2D eigenvalue weighted by atomic mass is 32.3. The van der Waals surface area contributed by atoms with Gasteiger partial charge in [-0.2, -0.15) is 3.71 Å².